The van der Waals surface area contributed by atoms with E-state index in [2.05, 4.69) is 18.6 Å². The van der Waals surface area contributed by atoms with Gasteiger partial charge in [0.2, 0.25) is 0 Å². The first-order valence-electron chi connectivity index (χ1n) is 17.9. The summed E-state index contributed by atoms with van der Waals surface area (Å²) in [5, 5.41) is 0. The second-order valence-electron chi connectivity index (χ2n) is 15.2. The van der Waals surface area contributed by atoms with Crippen LogP contribution in [-0.4, -0.2) is 6.36 Å². The molecule has 0 unspecified atom stereocenters. The molecule has 46 heavy (non-hydrogen) atoms. The fraction of sp³-hybridized carbons (Fsp3) is 0.692. The van der Waals surface area contributed by atoms with Gasteiger partial charge in [-0.15, -0.1) is 13.2 Å². The van der Waals surface area contributed by atoms with Gasteiger partial charge >= 0.3 is 6.36 Å². The Hall–Kier alpha value is -2.18. The van der Waals surface area contributed by atoms with Crippen LogP contribution in [0.4, 0.5) is 26.3 Å². The Bertz CT molecular complexity index is 1190. The average Bonchev–Trinajstić information content (AvgIpc) is 3.04. The van der Waals surface area contributed by atoms with Crippen LogP contribution in [0.1, 0.15) is 140 Å². The van der Waals surface area contributed by atoms with Gasteiger partial charge in [0.25, 0.3) is 0 Å². The van der Waals surface area contributed by atoms with E-state index in [1.807, 2.05) is 0 Å². The van der Waals surface area contributed by atoms with Crippen molar-refractivity contribution in [1.29, 1.82) is 0 Å². The van der Waals surface area contributed by atoms with Crippen molar-refractivity contribution in [1.82, 2.24) is 0 Å². The first kappa shape index (κ1) is 35.1. The molecule has 256 valence electrons. The zero-order chi connectivity index (χ0) is 32.8. The van der Waals surface area contributed by atoms with Crippen LogP contribution in [0.5, 0.6) is 5.75 Å². The Morgan fingerprint density at radius 1 is 0.500 bits per heavy atom. The summed E-state index contributed by atoms with van der Waals surface area (Å²) in [5.41, 5.74) is 1.78. The lowest BCUT2D eigenvalue weighted by atomic mass is 9.68. The monoisotopic (exact) mass is 650 g/mol. The number of alkyl halides is 3. The lowest BCUT2D eigenvalue weighted by molar-refractivity contribution is -0.274. The van der Waals surface area contributed by atoms with E-state index in [0.29, 0.717) is 11.5 Å². The number of halogens is 6. The first-order valence-corrected chi connectivity index (χ1v) is 17.9. The molecule has 0 radical (unpaired) electrons. The van der Waals surface area contributed by atoms with Crippen molar-refractivity contribution in [2.24, 2.45) is 35.5 Å². The van der Waals surface area contributed by atoms with Crippen molar-refractivity contribution in [2.75, 3.05) is 0 Å². The maximum absolute atomic E-state index is 13.4. The average molecular weight is 651 g/mol. The highest BCUT2D eigenvalue weighted by atomic mass is 19.4. The molecule has 0 aliphatic heterocycles. The number of ether oxygens (including phenoxy) is 1. The standard InChI is InChI=1S/C20H27F3O.C19H25F3/c1-14-2-4-15(5-3-14)16-6-8-17(9-7-16)18-10-12-19(13-11-18)24-20(21,22)23;1-12-2-4-13(5-3-12)14-6-8-15(9-7-14)16-10-17(20)19(22)18(21)11-16/h10-17H,2-9H2,1H3;10-15H,2-9H2,1H3. The van der Waals surface area contributed by atoms with Crippen LogP contribution in [-0.2, 0) is 0 Å². The lowest BCUT2D eigenvalue weighted by Gasteiger charge is -2.37. The van der Waals surface area contributed by atoms with E-state index in [1.54, 1.807) is 12.1 Å². The SMILES string of the molecule is CC1CCC(C2CCC(c3cc(F)c(F)c(F)c3)CC2)CC1.CC1CCC(C2CCC(c3ccc(OC(F)(F)F)cc3)CC2)CC1. The predicted molar refractivity (Wildman–Crippen MR) is 171 cm³/mol. The van der Waals surface area contributed by atoms with Crippen LogP contribution < -0.4 is 4.74 Å². The molecule has 7 heteroatoms. The van der Waals surface area contributed by atoms with Crippen LogP contribution in [0.3, 0.4) is 0 Å². The highest BCUT2D eigenvalue weighted by Gasteiger charge is 2.33. The summed E-state index contributed by atoms with van der Waals surface area (Å²) in [6.45, 7) is 4.70. The molecule has 4 saturated carbocycles. The predicted octanol–water partition coefficient (Wildman–Crippen LogP) is 12.9. The first-order chi connectivity index (χ1) is 21.9. The second-order valence-corrected chi connectivity index (χ2v) is 15.2. The number of rotatable bonds is 5. The zero-order valence-electron chi connectivity index (χ0n) is 27.6. The molecule has 4 fully saturated rings. The van der Waals surface area contributed by atoms with Crippen molar-refractivity contribution < 1.29 is 31.1 Å². The quantitative estimate of drug-likeness (QED) is 0.231. The summed E-state index contributed by atoms with van der Waals surface area (Å²) < 4.78 is 80.4. The highest BCUT2D eigenvalue weighted by Crippen LogP contribution is 2.45. The van der Waals surface area contributed by atoms with Crippen LogP contribution in [0.2, 0.25) is 0 Å². The molecule has 4 aliphatic carbocycles. The van der Waals surface area contributed by atoms with Gasteiger partial charge in [0.15, 0.2) is 17.5 Å². The van der Waals surface area contributed by atoms with Gasteiger partial charge in [-0.25, -0.2) is 13.2 Å². The fourth-order valence-electron chi connectivity index (χ4n) is 9.11. The molecule has 0 amide bonds. The number of benzene rings is 2. The van der Waals surface area contributed by atoms with Crippen molar-refractivity contribution in [3.63, 3.8) is 0 Å². The molecular formula is C39H52F6O. The van der Waals surface area contributed by atoms with E-state index in [1.165, 1.54) is 88.5 Å². The molecule has 1 nitrogen and oxygen atoms in total. The van der Waals surface area contributed by atoms with Crippen molar-refractivity contribution in [2.45, 2.75) is 135 Å². The van der Waals surface area contributed by atoms with E-state index in [9.17, 15) is 26.3 Å². The van der Waals surface area contributed by atoms with Gasteiger partial charge in [-0.05, 0) is 160 Å². The molecular weight excluding hydrogens is 598 g/mol. The van der Waals surface area contributed by atoms with Gasteiger partial charge in [0, 0.05) is 0 Å². The molecule has 2 aromatic rings. The molecule has 0 aromatic heterocycles. The van der Waals surface area contributed by atoms with Crippen molar-refractivity contribution in [3.05, 3.63) is 65.0 Å². The van der Waals surface area contributed by atoms with E-state index in [4.69, 9.17) is 0 Å². The van der Waals surface area contributed by atoms with Gasteiger partial charge < -0.3 is 4.74 Å². The molecule has 6 rings (SSSR count). The largest absolute Gasteiger partial charge is 0.573 e. The Morgan fingerprint density at radius 3 is 1.22 bits per heavy atom. The van der Waals surface area contributed by atoms with E-state index in [0.717, 1.165) is 79.6 Å². The Labute approximate surface area is 271 Å². The summed E-state index contributed by atoms with van der Waals surface area (Å²) in [4.78, 5) is 0. The molecule has 0 atom stereocenters. The molecule has 4 aliphatic rings. The van der Waals surface area contributed by atoms with Gasteiger partial charge in [0.1, 0.15) is 5.75 Å². The minimum atomic E-state index is -4.61. The minimum absolute atomic E-state index is 0.128. The van der Waals surface area contributed by atoms with Gasteiger partial charge in [0.05, 0.1) is 0 Å². The fourth-order valence-corrected chi connectivity index (χ4v) is 9.11. The molecule has 0 bridgehead atoms. The van der Waals surface area contributed by atoms with Gasteiger partial charge in [-0.1, -0.05) is 51.7 Å². The smallest absolute Gasteiger partial charge is 0.406 e. The molecule has 0 N–H and O–H groups in total. The maximum Gasteiger partial charge on any atom is 0.573 e. The van der Waals surface area contributed by atoms with Crippen molar-refractivity contribution >= 4 is 0 Å². The van der Waals surface area contributed by atoms with Gasteiger partial charge in [-0.3, -0.25) is 0 Å². The second kappa shape index (κ2) is 15.8. The highest BCUT2D eigenvalue weighted by molar-refractivity contribution is 5.30. The topological polar surface area (TPSA) is 9.23 Å². The third-order valence-electron chi connectivity index (χ3n) is 12.1. The maximum atomic E-state index is 13.4. The summed E-state index contributed by atoms with van der Waals surface area (Å²) in [6.07, 6.45) is 15.4. The lowest BCUT2D eigenvalue weighted by Crippen LogP contribution is -2.24. The Morgan fingerprint density at radius 2 is 0.848 bits per heavy atom. The molecule has 2 aromatic carbocycles. The summed E-state index contributed by atoms with van der Waals surface area (Å²) in [6, 6.07) is 8.86. The number of hydrogen-bond acceptors (Lipinski definition) is 1. The molecule has 0 spiro atoms. The third-order valence-corrected chi connectivity index (χ3v) is 12.1. The summed E-state index contributed by atoms with van der Waals surface area (Å²) in [7, 11) is 0. The minimum Gasteiger partial charge on any atom is -0.406 e. The van der Waals surface area contributed by atoms with Crippen molar-refractivity contribution in [3.8, 4) is 5.75 Å². The van der Waals surface area contributed by atoms with Crippen LogP contribution in [0.15, 0.2) is 36.4 Å². The summed E-state index contributed by atoms with van der Waals surface area (Å²) in [5.74, 6) is 2.24. The zero-order valence-corrected chi connectivity index (χ0v) is 27.6. The van der Waals surface area contributed by atoms with E-state index < -0.39 is 23.8 Å². The summed E-state index contributed by atoms with van der Waals surface area (Å²) >= 11 is 0. The number of hydrogen-bond donors (Lipinski definition) is 0. The van der Waals surface area contributed by atoms with Crippen LogP contribution in [0.25, 0.3) is 0 Å². The van der Waals surface area contributed by atoms with E-state index >= 15 is 0 Å². The van der Waals surface area contributed by atoms with Crippen LogP contribution >= 0.6 is 0 Å². The molecule has 0 saturated heterocycles. The van der Waals surface area contributed by atoms with Crippen LogP contribution in [0, 0.1) is 53.0 Å². The van der Waals surface area contributed by atoms with E-state index in [-0.39, 0.29) is 11.7 Å². The Balaban J connectivity index is 0.000000182. The normalized spacial score (nSPS) is 32.3. The Kier molecular flexibility index (Phi) is 12.1. The van der Waals surface area contributed by atoms with Gasteiger partial charge in [-0.2, -0.15) is 0 Å². The third kappa shape index (κ3) is 9.69. The molecule has 0 heterocycles.